The molecule has 5 nitrogen and oxygen atoms in total. The van der Waals surface area contributed by atoms with Gasteiger partial charge >= 0.3 is 0 Å². The summed E-state index contributed by atoms with van der Waals surface area (Å²) in [6.45, 7) is 2.19. The van der Waals surface area contributed by atoms with E-state index in [4.69, 9.17) is 4.74 Å². The van der Waals surface area contributed by atoms with E-state index in [0.29, 0.717) is 18.0 Å². The molecule has 0 radical (unpaired) electrons. The average molecular weight is 338 g/mol. The molecule has 0 saturated carbocycles. The number of fused-ring (bicyclic) bond motifs is 1. The van der Waals surface area contributed by atoms with E-state index in [0.717, 1.165) is 12.0 Å². The smallest absolute Gasteiger partial charge is 0.226 e. The van der Waals surface area contributed by atoms with Gasteiger partial charge in [0.05, 0.1) is 25.3 Å². The summed E-state index contributed by atoms with van der Waals surface area (Å²) in [6, 6.07) is 15.1. The summed E-state index contributed by atoms with van der Waals surface area (Å²) < 4.78 is 5.27. The fraction of sp³-hybridized carbons (Fsp3) is 0.300. The standard InChI is InChI=1S/C20H22N2O3/c1-14(23)22-12-11-15-7-3-4-8-16(15)18(22)13-20(24)21-17-9-5-6-10-19(17)25-2/h3-10,18H,11-13H2,1-2H3,(H,21,24)/t18-/m0/s1. The van der Waals surface area contributed by atoms with Gasteiger partial charge in [-0.15, -0.1) is 0 Å². The fourth-order valence-corrected chi connectivity index (χ4v) is 3.37. The first-order chi connectivity index (χ1) is 12.1. The Balaban J connectivity index is 1.81. The van der Waals surface area contributed by atoms with Gasteiger partial charge in [0.1, 0.15) is 5.75 Å². The lowest BCUT2D eigenvalue weighted by Gasteiger charge is -2.36. The maximum Gasteiger partial charge on any atom is 0.226 e. The van der Waals surface area contributed by atoms with Gasteiger partial charge in [-0.1, -0.05) is 36.4 Å². The topological polar surface area (TPSA) is 58.6 Å². The Labute approximate surface area is 147 Å². The van der Waals surface area contributed by atoms with Crippen LogP contribution in [-0.4, -0.2) is 30.4 Å². The lowest BCUT2D eigenvalue weighted by atomic mass is 9.90. The van der Waals surface area contributed by atoms with Gasteiger partial charge in [0.25, 0.3) is 0 Å². The molecule has 2 aromatic rings. The summed E-state index contributed by atoms with van der Waals surface area (Å²) in [4.78, 5) is 26.4. The Morgan fingerprint density at radius 3 is 2.64 bits per heavy atom. The maximum absolute atomic E-state index is 12.6. The molecule has 0 saturated heterocycles. The SMILES string of the molecule is COc1ccccc1NC(=O)C[C@H]1c2ccccc2CCN1C(C)=O. The highest BCUT2D eigenvalue weighted by molar-refractivity contribution is 5.93. The molecule has 1 heterocycles. The molecule has 0 spiro atoms. The van der Waals surface area contributed by atoms with Gasteiger partial charge in [-0.3, -0.25) is 9.59 Å². The monoisotopic (exact) mass is 338 g/mol. The number of carbonyl (C=O) groups is 2. The highest BCUT2D eigenvalue weighted by Crippen LogP contribution is 2.33. The van der Waals surface area contributed by atoms with Crippen LogP contribution < -0.4 is 10.1 Å². The van der Waals surface area contributed by atoms with Crippen molar-refractivity contribution in [3.05, 3.63) is 59.7 Å². The van der Waals surface area contributed by atoms with E-state index >= 15 is 0 Å². The largest absolute Gasteiger partial charge is 0.495 e. The first kappa shape index (κ1) is 17.0. The summed E-state index contributed by atoms with van der Waals surface area (Å²) in [6.07, 6.45) is 1.04. The number of rotatable bonds is 4. The Kier molecular flexibility index (Phi) is 5.03. The lowest BCUT2D eigenvalue weighted by molar-refractivity contribution is -0.132. The van der Waals surface area contributed by atoms with Crippen molar-refractivity contribution in [3.8, 4) is 5.75 Å². The number of nitrogens with one attached hydrogen (secondary N) is 1. The third-order valence-electron chi connectivity index (χ3n) is 4.58. The van der Waals surface area contributed by atoms with E-state index in [1.807, 2.05) is 30.3 Å². The van der Waals surface area contributed by atoms with Crippen LogP contribution in [0.3, 0.4) is 0 Å². The van der Waals surface area contributed by atoms with E-state index in [1.54, 1.807) is 31.1 Å². The molecule has 0 unspecified atom stereocenters. The van der Waals surface area contributed by atoms with E-state index in [9.17, 15) is 9.59 Å². The molecule has 25 heavy (non-hydrogen) atoms. The Bertz CT molecular complexity index is 788. The van der Waals surface area contributed by atoms with E-state index in [-0.39, 0.29) is 24.3 Å². The summed E-state index contributed by atoms with van der Waals surface area (Å²) in [5, 5.41) is 2.90. The maximum atomic E-state index is 12.6. The fourth-order valence-electron chi connectivity index (χ4n) is 3.37. The van der Waals surface area contributed by atoms with E-state index < -0.39 is 0 Å². The molecule has 2 aromatic carbocycles. The zero-order valence-corrected chi connectivity index (χ0v) is 14.5. The Hall–Kier alpha value is -2.82. The molecule has 1 atom stereocenters. The van der Waals surface area contributed by atoms with Crippen molar-refractivity contribution in [1.29, 1.82) is 0 Å². The van der Waals surface area contributed by atoms with Crippen molar-refractivity contribution in [2.75, 3.05) is 19.0 Å². The van der Waals surface area contributed by atoms with Crippen molar-refractivity contribution in [2.24, 2.45) is 0 Å². The van der Waals surface area contributed by atoms with Gasteiger partial charge in [0.2, 0.25) is 11.8 Å². The lowest BCUT2D eigenvalue weighted by Crippen LogP contribution is -2.40. The number of methoxy groups -OCH3 is 1. The van der Waals surface area contributed by atoms with Crippen LogP contribution in [0.2, 0.25) is 0 Å². The molecule has 1 aliphatic rings. The summed E-state index contributed by atoms with van der Waals surface area (Å²) >= 11 is 0. The summed E-state index contributed by atoms with van der Waals surface area (Å²) in [5.41, 5.74) is 2.89. The number of hydrogen-bond acceptors (Lipinski definition) is 3. The number of anilines is 1. The number of carbonyl (C=O) groups excluding carboxylic acids is 2. The number of hydrogen-bond donors (Lipinski definition) is 1. The minimum atomic E-state index is -0.239. The Morgan fingerprint density at radius 1 is 1.16 bits per heavy atom. The summed E-state index contributed by atoms with van der Waals surface area (Å²) in [5.74, 6) is 0.463. The molecule has 0 fully saturated rings. The molecule has 0 bridgehead atoms. The van der Waals surface area contributed by atoms with Crippen LogP contribution in [0.15, 0.2) is 48.5 Å². The molecular formula is C20H22N2O3. The number of benzene rings is 2. The van der Waals surface area contributed by atoms with Gasteiger partial charge in [0.15, 0.2) is 0 Å². The van der Waals surface area contributed by atoms with Crippen LogP contribution in [0.25, 0.3) is 0 Å². The van der Waals surface area contributed by atoms with Crippen LogP contribution in [0.4, 0.5) is 5.69 Å². The normalized spacial score (nSPS) is 16.1. The second-order valence-corrected chi connectivity index (χ2v) is 6.13. The molecule has 0 aromatic heterocycles. The first-order valence-corrected chi connectivity index (χ1v) is 8.38. The van der Waals surface area contributed by atoms with Gasteiger partial charge < -0.3 is 15.0 Å². The highest BCUT2D eigenvalue weighted by Gasteiger charge is 2.30. The van der Waals surface area contributed by atoms with E-state index in [1.165, 1.54) is 5.56 Å². The third kappa shape index (κ3) is 3.65. The van der Waals surface area contributed by atoms with E-state index in [2.05, 4.69) is 11.4 Å². The van der Waals surface area contributed by atoms with Crippen molar-refractivity contribution in [1.82, 2.24) is 4.90 Å². The van der Waals surface area contributed by atoms with Gasteiger partial charge in [-0.2, -0.15) is 0 Å². The quantitative estimate of drug-likeness (QED) is 0.931. The van der Waals surface area contributed by atoms with Gasteiger partial charge in [0, 0.05) is 13.5 Å². The second-order valence-electron chi connectivity index (χ2n) is 6.13. The number of para-hydroxylation sites is 2. The van der Waals surface area contributed by atoms with Gasteiger partial charge in [-0.25, -0.2) is 0 Å². The average Bonchev–Trinajstić information content (AvgIpc) is 2.62. The molecule has 2 amide bonds. The predicted molar refractivity (Wildman–Crippen MR) is 96.5 cm³/mol. The third-order valence-corrected chi connectivity index (χ3v) is 4.58. The highest BCUT2D eigenvalue weighted by atomic mass is 16.5. The van der Waals surface area contributed by atoms with Crippen LogP contribution in [-0.2, 0) is 16.0 Å². The van der Waals surface area contributed by atoms with Crippen LogP contribution >= 0.6 is 0 Å². The van der Waals surface area contributed by atoms with Crippen molar-refractivity contribution in [3.63, 3.8) is 0 Å². The van der Waals surface area contributed by atoms with Crippen molar-refractivity contribution in [2.45, 2.75) is 25.8 Å². The Morgan fingerprint density at radius 2 is 1.88 bits per heavy atom. The number of ether oxygens (including phenoxy) is 1. The van der Waals surface area contributed by atoms with Crippen LogP contribution in [0, 0.1) is 0 Å². The number of amides is 2. The molecule has 130 valence electrons. The van der Waals surface area contributed by atoms with Gasteiger partial charge in [-0.05, 0) is 29.7 Å². The zero-order chi connectivity index (χ0) is 17.8. The van der Waals surface area contributed by atoms with Crippen molar-refractivity contribution < 1.29 is 14.3 Å². The molecule has 5 heteroatoms. The predicted octanol–water partition coefficient (Wildman–Crippen LogP) is 3.17. The molecule has 3 rings (SSSR count). The summed E-state index contributed by atoms with van der Waals surface area (Å²) in [7, 11) is 1.57. The van der Waals surface area contributed by atoms with Crippen molar-refractivity contribution >= 4 is 17.5 Å². The molecule has 1 aliphatic heterocycles. The second kappa shape index (κ2) is 7.38. The molecule has 0 aliphatic carbocycles. The minimum absolute atomic E-state index is 0.00963. The zero-order valence-electron chi connectivity index (χ0n) is 14.5. The molecule has 1 N–H and O–H groups in total. The first-order valence-electron chi connectivity index (χ1n) is 8.38. The van der Waals surface area contributed by atoms with Crippen LogP contribution in [0.5, 0.6) is 5.75 Å². The number of nitrogens with zero attached hydrogens (tertiary/aromatic N) is 1. The van der Waals surface area contributed by atoms with Crippen LogP contribution in [0.1, 0.15) is 30.5 Å². The molecular weight excluding hydrogens is 316 g/mol. The minimum Gasteiger partial charge on any atom is -0.495 e.